The van der Waals surface area contributed by atoms with E-state index in [0.717, 1.165) is 28.6 Å². The smallest absolute Gasteiger partial charge is 0.256 e. The van der Waals surface area contributed by atoms with Crippen LogP contribution >= 0.6 is 0 Å². The van der Waals surface area contributed by atoms with Gasteiger partial charge in [0.05, 0.1) is 23.7 Å². The highest BCUT2D eigenvalue weighted by Gasteiger charge is 2.20. The van der Waals surface area contributed by atoms with Crippen LogP contribution in [0.2, 0.25) is 0 Å². The molecule has 0 aliphatic heterocycles. The van der Waals surface area contributed by atoms with Crippen molar-refractivity contribution in [1.82, 2.24) is 9.97 Å². The predicted molar refractivity (Wildman–Crippen MR) is 124 cm³/mol. The molecule has 152 valence electrons. The first-order chi connectivity index (χ1) is 14.3. The van der Waals surface area contributed by atoms with Crippen LogP contribution in [0.25, 0.3) is 33.4 Å². The van der Waals surface area contributed by atoms with E-state index in [1.165, 1.54) is 33.5 Å². The van der Waals surface area contributed by atoms with Crippen LogP contribution in [0.3, 0.4) is 0 Å². The lowest BCUT2D eigenvalue weighted by Gasteiger charge is -2.13. The van der Waals surface area contributed by atoms with E-state index in [1.54, 1.807) is 0 Å². The summed E-state index contributed by atoms with van der Waals surface area (Å²) in [7, 11) is 2.07. The summed E-state index contributed by atoms with van der Waals surface area (Å²) in [5, 5.41) is 1.15. The Morgan fingerprint density at radius 2 is 1.73 bits per heavy atom. The molecule has 0 fully saturated rings. The number of para-hydroxylation sites is 1. The van der Waals surface area contributed by atoms with Crippen molar-refractivity contribution in [1.29, 1.82) is 0 Å². The maximum atomic E-state index is 4.81. The summed E-state index contributed by atoms with van der Waals surface area (Å²) in [6.45, 7) is 11.0. The second-order valence-electron chi connectivity index (χ2n) is 8.81. The Morgan fingerprint density at radius 1 is 0.933 bits per heavy atom. The Balaban J connectivity index is 1.91. The minimum Gasteiger partial charge on any atom is -0.256 e. The third-order valence-electron chi connectivity index (χ3n) is 5.82. The number of aromatic nitrogens is 3. The zero-order valence-electron chi connectivity index (χ0n) is 18.8. The molecule has 2 aromatic carbocycles. The highest BCUT2D eigenvalue weighted by atomic mass is 15.0. The van der Waals surface area contributed by atoms with Gasteiger partial charge >= 0.3 is 0 Å². The summed E-state index contributed by atoms with van der Waals surface area (Å²) in [5.74, 6) is 0.625. The predicted octanol–water partition coefficient (Wildman–Crippen LogP) is 5.91. The normalized spacial score (nSPS) is 11.4. The van der Waals surface area contributed by atoms with Gasteiger partial charge in [0.25, 0.3) is 6.33 Å². The third kappa shape index (κ3) is 3.72. The van der Waals surface area contributed by atoms with Crippen molar-refractivity contribution in [2.75, 3.05) is 0 Å². The van der Waals surface area contributed by atoms with Crippen molar-refractivity contribution in [3.05, 3.63) is 77.2 Å². The van der Waals surface area contributed by atoms with Crippen LogP contribution < -0.4 is 4.57 Å². The Morgan fingerprint density at radius 3 is 2.43 bits per heavy atom. The largest absolute Gasteiger partial charge is 0.287 e. The number of fused-ring (bicyclic) bond motifs is 1. The fraction of sp³-hybridized carbons (Fsp3) is 0.296. The zero-order chi connectivity index (χ0) is 21.4. The van der Waals surface area contributed by atoms with Crippen molar-refractivity contribution in [3.8, 4) is 22.5 Å². The molecule has 4 rings (SSSR count). The van der Waals surface area contributed by atoms with Gasteiger partial charge in [0, 0.05) is 11.8 Å². The molecule has 3 nitrogen and oxygen atoms in total. The van der Waals surface area contributed by atoms with Gasteiger partial charge in [0.2, 0.25) is 0 Å². The highest BCUT2D eigenvalue weighted by molar-refractivity contribution is 5.99. The van der Waals surface area contributed by atoms with Gasteiger partial charge in [-0.05, 0) is 79.0 Å². The minimum absolute atomic E-state index is 0.625. The van der Waals surface area contributed by atoms with Crippen LogP contribution in [0, 0.1) is 26.7 Å². The van der Waals surface area contributed by atoms with E-state index in [4.69, 9.17) is 9.97 Å². The molecular formula is C27H30N3+. The molecule has 0 aliphatic rings. The Labute approximate surface area is 179 Å². The summed E-state index contributed by atoms with van der Waals surface area (Å²) in [4.78, 5) is 9.59. The van der Waals surface area contributed by atoms with Crippen LogP contribution in [0.5, 0.6) is 0 Å². The lowest BCUT2D eigenvalue weighted by Crippen LogP contribution is -2.32. The van der Waals surface area contributed by atoms with Crippen molar-refractivity contribution >= 4 is 10.9 Å². The van der Waals surface area contributed by atoms with Crippen molar-refractivity contribution in [3.63, 3.8) is 0 Å². The van der Waals surface area contributed by atoms with Crippen LogP contribution in [-0.4, -0.2) is 9.97 Å². The molecule has 0 spiro atoms. The summed E-state index contributed by atoms with van der Waals surface area (Å²) in [6.07, 6.45) is 4.98. The van der Waals surface area contributed by atoms with Crippen LogP contribution in [0.4, 0.5) is 0 Å². The molecule has 3 heteroatoms. The van der Waals surface area contributed by atoms with E-state index in [-0.39, 0.29) is 0 Å². The molecule has 0 bridgehead atoms. The Bertz CT molecular complexity index is 1220. The molecule has 0 aliphatic carbocycles. The standard InChI is InChI=1S/C27H30N3/c1-17(2)12-21-10-11-25(28-15-21)22-8-7-9-23-26(22)29-16-30(6)27(23)24-14-18(3)13-19(4)20(24)5/h7-11,13-17H,12H2,1-6H3/q+1. The molecule has 4 aromatic rings. The lowest BCUT2D eigenvalue weighted by molar-refractivity contribution is -0.662. The number of hydrogen-bond donors (Lipinski definition) is 0. The van der Waals surface area contributed by atoms with Gasteiger partial charge in [0.15, 0.2) is 5.52 Å². The minimum atomic E-state index is 0.625. The third-order valence-corrected chi connectivity index (χ3v) is 5.82. The van der Waals surface area contributed by atoms with Gasteiger partial charge in [-0.15, -0.1) is 0 Å². The molecule has 0 unspecified atom stereocenters. The van der Waals surface area contributed by atoms with Gasteiger partial charge in [-0.2, -0.15) is 0 Å². The second kappa shape index (κ2) is 7.98. The fourth-order valence-corrected chi connectivity index (χ4v) is 4.27. The van der Waals surface area contributed by atoms with E-state index in [0.29, 0.717) is 5.92 Å². The number of aryl methyl sites for hydroxylation is 3. The summed E-state index contributed by atoms with van der Waals surface area (Å²) in [6, 6.07) is 15.3. The molecule has 30 heavy (non-hydrogen) atoms. The average molecular weight is 397 g/mol. The van der Waals surface area contributed by atoms with Crippen LogP contribution in [0.1, 0.15) is 36.1 Å². The summed E-state index contributed by atoms with van der Waals surface area (Å²) in [5.41, 5.74) is 10.7. The zero-order valence-corrected chi connectivity index (χ0v) is 18.8. The number of nitrogens with zero attached hydrogens (tertiary/aromatic N) is 3. The second-order valence-corrected chi connectivity index (χ2v) is 8.81. The van der Waals surface area contributed by atoms with E-state index < -0.39 is 0 Å². The van der Waals surface area contributed by atoms with Gasteiger partial charge in [-0.25, -0.2) is 4.57 Å². The first-order valence-corrected chi connectivity index (χ1v) is 10.7. The molecule has 0 saturated heterocycles. The van der Waals surface area contributed by atoms with Crippen molar-refractivity contribution in [2.24, 2.45) is 13.0 Å². The molecular weight excluding hydrogens is 366 g/mol. The number of rotatable bonds is 4. The highest BCUT2D eigenvalue weighted by Crippen LogP contribution is 2.33. The lowest BCUT2D eigenvalue weighted by atomic mass is 9.94. The van der Waals surface area contributed by atoms with Crippen LogP contribution in [-0.2, 0) is 13.5 Å². The maximum Gasteiger partial charge on any atom is 0.287 e. The van der Waals surface area contributed by atoms with E-state index >= 15 is 0 Å². The molecule has 0 amide bonds. The fourth-order valence-electron chi connectivity index (χ4n) is 4.27. The quantitative estimate of drug-likeness (QED) is 0.401. The molecule has 0 N–H and O–H groups in total. The summed E-state index contributed by atoms with van der Waals surface area (Å²) < 4.78 is 2.13. The van der Waals surface area contributed by atoms with Gasteiger partial charge in [0.1, 0.15) is 5.69 Å². The molecule has 2 heterocycles. The van der Waals surface area contributed by atoms with Gasteiger partial charge in [-0.1, -0.05) is 37.6 Å². The van der Waals surface area contributed by atoms with Crippen molar-refractivity contribution < 1.29 is 4.57 Å². The average Bonchev–Trinajstić information content (AvgIpc) is 2.70. The first-order valence-electron chi connectivity index (χ1n) is 10.7. The number of pyridine rings is 1. The molecule has 0 atom stereocenters. The summed E-state index contributed by atoms with van der Waals surface area (Å²) >= 11 is 0. The van der Waals surface area contributed by atoms with Gasteiger partial charge in [-0.3, -0.25) is 4.98 Å². The Kier molecular flexibility index (Phi) is 5.38. The number of benzene rings is 2. The molecule has 0 radical (unpaired) electrons. The van der Waals surface area contributed by atoms with Crippen LogP contribution in [0.15, 0.2) is 55.0 Å². The van der Waals surface area contributed by atoms with Gasteiger partial charge < -0.3 is 0 Å². The molecule has 2 aromatic heterocycles. The first kappa shape index (κ1) is 20.2. The van der Waals surface area contributed by atoms with E-state index in [9.17, 15) is 0 Å². The van der Waals surface area contributed by atoms with E-state index in [2.05, 4.69) is 88.7 Å². The maximum absolute atomic E-state index is 4.81. The number of hydrogen-bond acceptors (Lipinski definition) is 2. The van der Waals surface area contributed by atoms with Crippen molar-refractivity contribution in [2.45, 2.75) is 41.0 Å². The Hall–Kier alpha value is -3.07. The topological polar surface area (TPSA) is 29.7 Å². The van der Waals surface area contributed by atoms with E-state index in [1.807, 2.05) is 12.5 Å². The monoisotopic (exact) mass is 396 g/mol. The molecule has 0 saturated carbocycles. The SMILES string of the molecule is Cc1cc(C)c(C)c(-c2c3cccc(-c4ccc(CC(C)C)cn4)c3nc[n+]2C)c1.